The molecule has 38 heavy (non-hydrogen) atoms. The van der Waals surface area contributed by atoms with Gasteiger partial charge in [-0.3, -0.25) is 9.69 Å². The molecule has 8 heteroatoms. The fraction of sp³-hybridized carbons (Fsp3) is 0.100. The van der Waals surface area contributed by atoms with Crippen LogP contribution in [0.2, 0.25) is 0 Å². The van der Waals surface area contributed by atoms with Crippen LogP contribution < -0.4 is 4.90 Å². The molecule has 0 saturated carbocycles. The van der Waals surface area contributed by atoms with Crippen LogP contribution in [0.4, 0.5) is 10.7 Å². The van der Waals surface area contributed by atoms with Crippen molar-refractivity contribution in [3.05, 3.63) is 131 Å². The summed E-state index contributed by atoms with van der Waals surface area (Å²) < 4.78 is 0. The van der Waals surface area contributed by atoms with E-state index in [1.54, 1.807) is 42.5 Å². The minimum Gasteiger partial charge on any atom is -0.465 e. The van der Waals surface area contributed by atoms with E-state index in [2.05, 4.69) is 9.97 Å². The monoisotopic (exact) mass is 504 g/mol. The number of carbonyl (C=O) groups is 2. The molecule has 6 rings (SSSR count). The summed E-state index contributed by atoms with van der Waals surface area (Å²) in [5, 5.41) is 22.1. The van der Waals surface area contributed by atoms with E-state index >= 15 is 0 Å². The smallest absolute Gasteiger partial charge is 0.414 e. The lowest BCUT2D eigenvalue weighted by Gasteiger charge is -2.35. The second kappa shape index (κ2) is 9.17. The second-order valence-electron chi connectivity index (χ2n) is 9.24. The van der Waals surface area contributed by atoms with Crippen LogP contribution >= 0.6 is 0 Å². The van der Waals surface area contributed by atoms with Crippen molar-refractivity contribution < 1.29 is 19.8 Å². The van der Waals surface area contributed by atoms with Gasteiger partial charge in [-0.2, -0.15) is 0 Å². The van der Waals surface area contributed by atoms with Crippen molar-refractivity contribution in [1.82, 2.24) is 14.9 Å². The highest BCUT2D eigenvalue weighted by molar-refractivity contribution is 6.00. The Kier molecular flexibility index (Phi) is 5.66. The van der Waals surface area contributed by atoms with Gasteiger partial charge in [0.25, 0.3) is 5.91 Å². The predicted octanol–water partition coefficient (Wildman–Crippen LogP) is 5.10. The maximum Gasteiger partial charge on any atom is 0.414 e. The van der Waals surface area contributed by atoms with E-state index in [-0.39, 0.29) is 24.9 Å². The van der Waals surface area contributed by atoms with Crippen LogP contribution in [0.3, 0.4) is 0 Å². The van der Waals surface area contributed by atoms with Crippen molar-refractivity contribution in [2.45, 2.75) is 18.8 Å². The van der Waals surface area contributed by atoms with Crippen molar-refractivity contribution in [1.29, 1.82) is 0 Å². The number of H-pyrrole nitrogens is 1. The Morgan fingerprint density at radius 1 is 0.895 bits per heavy atom. The van der Waals surface area contributed by atoms with Gasteiger partial charge < -0.3 is 15.2 Å². The molecule has 3 N–H and O–H groups in total. The molecule has 1 unspecified atom stereocenters. The van der Waals surface area contributed by atoms with Crippen molar-refractivity contribution in [2.75, 3.05) is 4.90 Å². The summed E-state index contributed by atoms with van der Waals surface area (Å²) in [5.74, 6) is -0.0956. The zero-order valence-electron chi connectivity index (χ0n) is 20.3. The largest absolute Gasteiger partial charge is 0.465 e. The number of aromatic nitrogens is 2. The number of nitrogens with one attached hydrogen (secondary N) is 1. The van der Waals surface area contributed by atoms with Crippen LogP contribution in [0, 0.1) is 0 Å². The van der Waals surface area contributed by atoms with E-state index in [1.807, 2.05) is 60.7 Å². The number of anilines is 1. The summed E-state index contributed by atoms with van der Waals surface area (Å²) in [6.07, 6.45) is -1.14. The summed E-state index contributed by atoms with van der Waals surface area (Å²) in [5.41, 5.74) is 2.48. The molecular formula is C30H24N4O4. The summed E-state index contributed by atoms with van der Waals surface area (Å²) in [6, 6.07) is 31.0. The molecule has 5 aromatic rings. The van der Waals surface area contributed by atoms with Gasteiger partial charge in [0, 0.05) is 23.2 Å². The van der Waals surface area contributed by atoms with Gasteiger partial charge in [-0.05, 0) is 29.3 Å². The first-order valence-corrected chi connectivity index (χ1v) is 12.2. The van der Waals surface area contributed by atoms with Crippen LogP contribution in [0.15, 0.2) is 103 Å². The van der Waals surface area contributed by atoms with Crippen LogP contribution in [0.1, 0.15) is 32.6 Å². The highest BCUT2D eigenvalue weighted by atomic mass is 16.4. The molecule has 2 heterocycles. The number of hydrogen-bond donors (Lipinski definition) is 3. The Labute approximate surface area is 218 Å². The number of rotatable bonds is 6. The first kappa shape index (κ1) is 23.4. The van der Waals surface area contributed by atoms with Crippen LogP contribution in [0.25, 0.3) is 11.0 Å². The third kappa shape index (κ3) is 3.88. The highest BCUT2D eigenvalue weighted by Gasteiger charge is 2.49. The molecule has 4 aromatic carbocycles. The average Bonchev–Trinajstić information content (AvgIpc) is 3.46. The molecule has 0 radical (unpaired) electrons. The molecule has 188 valence electrons. The summed E-state index contributed by atoms with van der Waals surface area (Å²) in [4.78, 5) is 35.7. The SMILES string of the molecule is O=C(O)N(Cc1ccccc1)c1nc2ccc(C3(O)c4ccccc4C(=O)N3Cc3ccccc3)cc2[nH]1. The van der Waals surface area contributed by atoms with E-state index in [1.165, 1.54) is 4.90 Å². The number of imidazole rings is 1. The number of amides is 2. The standard InChI is InChI=1S/C30H24N4O4/c35-27-23-13-7-8-14-24(23)30(38,34(27)19-21-11-5-2-6-12-21)22-15-16-25-26(17-22)32-28(31-25)33(29(36)37)18-20-9-3-1-4-10-20/h1-17,38H,18-19H2,(H,31,32)(H,36,37). The molecule has 1 aliphatic rings. The third-order valence-corrected chi connectivity index (χ3v) is 6.89. The average molecular weight is 505 g/mol. The summed E-state index contributed by atoms with van der Waals surface area (Å²) in [6.45, 7) is 0.334. The molecule has 1 atom stereocenters. The van der Waals surface area contributed by atoms with Gasteiger partial charge in [-0.15, -0.1) is 0 Å². The second-order valence-corrected chi connectivity index (χ2v) is 9.24. The quantitative estimate of drug-likeness (QED) is 0.298. The zero-order chi connectivity index (χ0) is 26.3. The van der Waals surface area contributed by atoms with E-state index < -0.39 is 11.8 Å². The first-order valence-electron chi connectivity index (χ1n) is 12.2. The molecular weight excluding hydrogens is 480 g/mol. The van der Waals surface area contributed by atoms with Gasteiger partial charge >= 0.3 is 6.09 Å². The Hall–Kier alpha value is -4.95. The maximum atomic E-state index is 13.5. The topological polar surface area (TPSA) is 110 Å². The normalized spacial score (nSPS) is 16.6. The van der Waals surface area contributed by atoms with Gasteiger partial charge in [-0.25, -0.2) is 14.7 Å². The molecule has 0 spiro atoms. The molecule has 0 aliphatic carbocycles. The van der Waals surface area contributed by atoms with Crippen molar-refractivity contribution >= 4 is 29.0 Å². The lowest BCUT2D eigenvalue weighted by molar-refractivity contribution is -0.0542. The molecule has 0 bridgehead atoms. The molecule has 0 fully saturated rings. The Morgan fingerprint density at radius 2 is 1.55 bits per heavy atom. The van der Waals surface area contributed by atoms with Gasteiger partial charge in [0.2, 0.25) is 5.95 Å². The van der Waals surface area contributed by atoms with E-state index in [0.29, 0.717) is 27.7 Å². The number of fused-ring (bicyclic) bond motifs is 2. The Balaban J connectivity index is 1.42. The molecule has 2 amide bonds. The first-order chi connectivity index (χ1) is 18.4. The van der Waals surface area contributed by atoms with E-state index in [9.17, 15) is 19.8 Å². The van der Waals surface area contributed by atoms with Crippen LogP contribution in [-0.4, -0.2) is 37.1 Å². The molecule has 1 aromatic heterocycles. The predicted molar refractivity (Wildman–Crippen MR) is 142 cm³/mol. The van der Waals surface area contributed by atoms with Crippen molar-refractivity contribution in [2.24, 2.45) is 0 Å². The number of benzene rings is 4. The van der Waals surface area contributed by atoms with Gasteiger partial charge in [0.05, 0.1) is 17.6 Å². The number of hydrogen-bond acceptors (Lipinski definition) is 4. The van der Waals surface area contributed by atoms with Gasteiger partial charge in [0.1, 0.15) is 0 Å². The number of aliphatic hydroxyl groups is 1. The van der Waals surface area contributed by atoms with Gasteiger partial charge in [0.15, 0.2) is 5.72 Å². The van der Waals surface area contributed by atoms with Crippen molar-refractivity contribution in [3.8, 4) is 0 Å². The lowest BCUT2D eigenvalue weighted by Crippen LogP contribution is -2.44. The molecule has 1 aliphatic heterocycles. The summed E-state index contributed by atoms with van der Waals surface area (Å²) >= 11 is 0. The van der Waals surface area contributed by atoms with Crippen LogP contribution in [0.5, 0.6) is 0 Å². The fourth-order valence-electron chi connectivity index (χ4n) is 5.01. The third-order valence-electron chi connectivity index (χ3n) is 6.89. The Morgan fingerprint density at radius 3 is 2.26 bits per heavy atom. The van der Waals surface area contributed by atoms with Crippen LogP contribution in [-0.2, 0) is 18.8 Å². The minimum absolute atomic E-state index is 0.125. The highest BCUT2D eigenvalue weighted by Crippen LogP contribution is 2.43. The van der Waals surface area contributed by atoms with Crippen molar-refractivity contribution in [3.63, 3.8) is 0 Å². The molecule has 0 saturated heterocycles. The Bertz CT molecular complexity index is 1650. The number of carboxylic acid groups (broad SMARTS) is 1. The minimum atomic E-state index is -1.72. The van der Waals surface area contributed by atoms with Gasteiger partial charge in [-0.1, -0.05) is 84.9 Å². The summed E-state index contributed by atoms with van der Waals surface area (Å²) in [7, 11) is 0. The number of aromatic amines is 1. The maximum absolute atomic E-state index is 13.5. The number of nitrogens with zero attached hydrogens (tertiary/aromatic N) is 3. The lowest BCUT2D eigenvalue weighted by atomic mass is 9.93. The van der Waals surface area contributed by atoms with E-state index in [4.69, 9.17) is 0 Å². The molecule has 8 nitrogen and oxygen atoms in total. The fourth-order valence-corrected chi connectivity index (χ4v) is 5.01. The van der Waals surface area contributed by atoms with E-state index in [0.717, 1.165) is 16.0 Å². The zero-order valence-corrected chi connectivity index (χ0v) is 20.3. The number of carbonyl (C=O) groups excluding carboxylic acids is 1.